The molecule has 1 amide bonds. The topological polar surface area (TPSA) is 66.5 Å². The van der Waals surface area contributed by atoms with Gasteiger partial charge < -0.3 is 5.32 Å². The molecule has 160 valence electrons. The normalized spacial score (nSPS) is 15.9. The fraction of sp³-hybridized carbons (Fsp3) is 0.208. The first kappa shape index (κ1) is 21.5. The van der Waals surface area contributed by atoms with Crippen molar-refractivity contribution >= 4 is 39.0 Å². The summed E-state index contributed by atoms with van der Waals surface area (Å²) in [6.07, 6.45) is 2.62. The van der Waals surface area contributed by atoms with Crippen molar-refractivity contribution in [3.05, 3.63) is 83.1 Å². The van der Waals surface area contributed by atoms with Crippen molar-refractivity contribution in [2.45, 2.75) is 12.8 Å². The molecule has 1 aromatic heterocycles. The van der Waals surface area contributed by atoms with Crippen LogP contribution in [0.5, 0.6) is 0 Å². The minimum atomic E-state index is -3.50. The molecule has 0 radical (unpaired) electrons. The fourth-order valence-corrected chi connectivity index (χ4v) is 5.65. The molecule has 1 N–H and O–H groups in total. The SMILES string of the molecule is O=C(Nc1ccccc1-c1cccs1)C1CCN(S(=O)(=O)/C=C/c2ccccc2)CC1. The molecule has 1 aliphatic heterocycles. The van der Waals surface area contributed by atoms with Crippen molar-refractivity contribution in [1.29, 1.82) is 0 Å². The van der Waals surface area contributed by atoms with Gasteiger partial charge in [0.2, 0.25) is 15.9 Å². The zero-order chi connectivity index (χ0) is 21.7. The van der Waals surface area contributed by atoms with Crippen LogP contribution in [0, 0.1) is 5.92 Å². The highest BCUT2D eigenvalue weighted by Crippen LogP contribution is 2.32. The van der Waals surface area contributed by atoms with E-state index in [4.69, 9.17) is 0 Å². The molecule has 1 aliphatic rings. The molecule has 2 heterocycles. The molecule has 0 atom stereocenters. The maximum atomic E-state index is 12.9. The lowest BCUT2D eigenvalue weighted by atomic mass is 9.97. The van der Waals surface area contributed by atoms with Gasteiger partial charge in [0.25, 0.3) is 0 Å². The average molecular weight is 453 g/mol. The van der Waals surface area contributed by atoms with Gasteiger partial charge in [0.05, 0.1) is 0 Å². The number of carbonyl (C=O) groups is 1. The zero-order valence-electron chi connectivity index (χ0n) is 17.0. The molecule has 0 bridgehead atoms. The second-order valence-electron chi connectivity index (χ2n) is 7.44. The fourth-order valence-electron chi connectivity index (χ4n) is 3.66. The van der Waals surface area contributed by atoms with Crippen LogP contribution in [0.15, 0.2) is 77.5 Å². The lowest BCUT2D eigenvalue weighted by molar-refractivity contribution is -0.120. The predicted octanol–water partition coefficient (Wildman–Crippen LogP) is 5.07. The maximum absolute atomic E-state index is 12.9. The first-order valence-electron chi connectivity index (χ1n) is 10.2. The molecule has 5 nitrogen and oxygen atoms in total. The van der Waals surface area contributed by atoms with Crippen LogP contribution in [0.1, 0.15) is 18.4 Å². The zero-order valence-corrected chi connectivity index (χ0v) is 18.6. The van der Waals surface area contributed by atoms with Crippen LogP contribution >= 0.6 is 11.3 Å². The summed E-state index contributed by atoms with van der Waals surface area (Å²) >= 11 is 1.63. The Labute approximate surface area is 187 Å². The van der Waals surface area contributed by atoms with Gasteiger partial charge in [0, 0.05) is 40.5 Å². The minimum absolute atomic E-state index is 0.0547. The summed E-state index contributed by atoms with van der Waals surface area (Å²) in [7, 11) is -3.50. The summed E-state index contributed by atoms with van der Waals surface area (Å²) in [6.45, 7) is 0.679. The second-order valence-corrected chi connectivity index (χ2v) is 10.2. The number of amides is 1. The Morgan fingerprint density at radius 3 is 2.39 bits per heavy atom. The van der Waals surface area contributed by atoms with Gasteiger partial charge in [-0.3, -0.25) is 4.79 Å². The molecule has 3 aromatic rings. The molecule has 1 saturated heterocycles. The molecule has 0 unspecified atom stereocenters. The Hall–Kier alpha value is -2.74. The summed E-state index contributed by atoms with van der Waals surface area (Å²) < 4.78 is 26.7. The Morgan fingerprint density at radius 1 is 0.968 bits per heavy atom. The van der Waals surface area contributed by atoms with Crippen LogP contribution in [0.4, 0.5) is 5.69 Å². The third kappa shape index (κ3) is 5.31. The number of thiophene rings is 1. The lowest BCUT2D eigenvalue weighted by Gasteiger charge is -2.29. The van der Waals surface area contributed by atoms with E-state index in [1.165, 1.54) is 9.71 Å². The Morgan fingerprint density at radius 2 is 1.68 bits per heavy atom. The molecule has 31 heavy (non-hydrogen) atoms. The molecule has 1 fully saturated rings. The molecular weight excluding hydrogens is 428 g/mol. The number of hydrogen-bond acceptors (Lipinski definition) is 4. The van der Waals surface area contributed by atoms with Gasteiger partial charge in [-0.05, 0) is 42.0 Å². The van der Waals surface area contributed by atoms with Crippen LogP contribution in [0.25, 0.3) is 16.5 Å². The highest BCUT2D eigenvalue weighted by Gasteiger charge is 2.30. The van der Waals surface area contributed by atoms with Gasteiger partial charge in [0.1, 0.15) is 0 Å². The first-order valence-corrected chi connectivity index (χ1v) is 12.6. The van der Waals surface area contributed by atoms with E-state index in [9.17, 15) is 13.2 Å². The van der Waals surface area contributed by atoms with Gasteiger partial charge in [-0.25, -0.2) is 8.42 Å². The van der Waals surface area contributed by atoms with Crippen molar-refractivity contribution in [2.75, 3.05) is 18.4 Å². The van der Waals surface area contributed by atoms with Crippen LogP contribution in [0.2, 0.25) is 0 Å². The second kappa shape index (κ2) is 9.60. The van der Waals surface area contributed by atoms with E-state index >= 15 is 0 Å². The number of piperidine rings is 1. The van der Waals surface area contributed by atoms with E-state index < -0.39 is 10.0 Å². The highest BCUT2D eigenvalue weighted by molar-refractivity contribution is 7.92. The molecule has 4 rings (SSSR count). The van der Waals surface area contributed by atoms with Gasteiger partial charge in [-0.2, -0.15) is 4.31 Å². The van der Waals surface area contributed by atoms with Gasteiger partial charge in [0.15, 0.2) is 0 Å². The predicted molar refractivity (Wildman–Crippen MR) is 127 cm³/mol. The molecule has 0 spiro atoms. The van der Waals surface area contributed by atoms with E-state index in [2.05, 4.69) is 5.32 Å². The van der Waals surface area contributed by atoms with Crippen molar-refractivity contribution in [3.63, 3.8) is 0 Å². The highest BCUT2D eigenvalue weighted by atomic mass is 32.2. The number of anilines is 1. The lowest BCUT2D eigenvalue weighted by Crippen LogP contribution is -2.40. The van der Waals surface area contributed by atoms with Crippen molar-refractivity contribution in [2.24, 2.45) is 5.92 Å². The monoisotopic (exact) mass is 452 g/mol. The maximum Gasteiger partial charge on any atom is 0.236 e. The van der Waals surface area contributed by atoms with Crippen LogP contribution in [0.3, 0.4) is 0 Å². The van der Waals surface area contributed by atoms with Gasteiger partial charge in [-0.15, -0.1) is 11.3 Å². The van der Waals surface area contributed by atoms with E-state index in [1.807, 2.05) is 72.1 Å². The smallest absolute Gasteiger partial charge is 0.236 e. The number of rotatable bonds is 6. The van der Waals surface area contributed by atoms with E-state index in [-0.39, 0.29) is 11.8 Å². The quantitative estimate of drug-likeness (QED) is 0.568. The molecule has 0 aliphatic carbocycles. The summed E-state index contributed by atoms with van der Waals surface area (Å²) in [5.74, 6) is -0.262. The van der Waals surface area contributed by atoms with E-state index in [1.54, 1.807) is 17.4 Å². The Balaban J connectivity index is 1.37. The molecular formula is C24H24N2O3S2. The molecule has 2 aromatic carbocycles. The molecule has 0 saturated carbocycles. The first-order chi connectivity index (χ1) is 15.0. The summed E-state index contributed by atoms with van der Waals surface area (Å²) in [6, 6.07) is 21.1. The number of para-hydroxylation sites is 1. The molecule has 7 heteroatoms. The van der Waals surface area contributed by atoms with Crippen LogP contribution in [-0.4, -0.2) is 31.7 Å². The Kier molecular flexibility index (Phi) is 6.65. The summed E-state index contributed by atoms with van der Waals surface area (Å²) in [5.41, 5.74) is 2.62. The van der Waals surface area contributed by atoms with E-state index in [0.29, 0.717) is 25.9 Å². The third-order valence-corrected chi connectivity index (χ3v) is 7.86. The standard InChI is InChI=1S/C24H24N2O3S2/c27-24(25-22-10-5-4-9-21(22)23-11-6-17-30-23)20-12-15-26(16-13-20)31(28,29)18-14-19-7-2-1-3-8-19/h1-11,14,17-18,20H,12-13,15-16H2,(H,25,27)/b18-14+. The van der Waals surface area contributed by atoms with Gasteiger partial charge >= 0.3 is 0 Å². The minimum Gasteiger partial charge on any atom is -0.325 e. The van der Waals surface area contributed by atoms with Crippen LogP contribution < -0.4 is 5.32 Å². The summed E-state index contributed by atoms with van der Waals surface area (Å²) in [5, 5.41) is 6.31. The van der Waals surface area contributed by atoms with Crippen LogP contribution in [-0.2, 0) is 14.8 Å². The Bertz CT molecular complexity index is 1150. The summed E-state index contributed by atoms with van der Waals surface area (Å²) in [4.78, 5) is 14.0. The van der Waals surface area contributed by atoms with Crippen molar-refractivity contribution in [1.82, 2.24) is 4.31 Å². The average Bonchev–Trinajstić information content (AvgIpc) is 3.34. The number of nitrogens with zero attached hydrogens (tertiary/aromatic N) is 1. The largest absolute Gasteiger partial charge is 0.325 e. The van der Waals surface area contributed by atoms with Gasteiger partial charge in [-0.1, -0.05) is 54.6 Å². The van der Waals surface area contributed by atoms with E-state index in [0.717, 1.165) is 21.7 Å². The number of sulfonamides is 1. The number of nitrogens with one attached hydrogen (secondary N) is 1. The number of hydrogen-bond donors (Lipinski definition) is 1. The number of benzene rings is 2. The van der Waals surface area contributed by atoms with Crippen molar-refractivity contribution in [3.8, 4) is 10.4 Å². The third-order valence-electron chi connectivity index (χ3n) is 5.39. The number of carbonyl (C=O) groups excluding carboxylic acids is 1. The van der Waals surface area contributed by atoms with Crippen molar-refractivity contribution < 1.29 is 13.2 Å².